The fraction of sp³-hybridized carbons (Fsp3) is 0.405. The Morgan fingerprint density at radius 1 is 0.865 bits per heavy atom. The molecule has 3 aromatic carbocycles. The second-order valence-electron chi connectivity index (χ2n) is 13.0. The Hall–Kier alpha value is -5.11. The number of rotatable bonds is 19. The maximum Gasteiger partial charge on any atom is 0.330 e. The van der Waals surface area contributed by atoms with E-state index in [0.717, 1.165) is 77.7 Å². The molecule has 5 rings (SSSR count). The molecule has 10 heteroatoms. The van der Waals surface area contributed by atoms with E-state index in [0.29, 0.717) is 19.3 Å². The Morgan fingerprint density at radius 2 is 1.46 bits per heavy atom. The fourth-order valence-corrected chi connectivity index (χ4v) is 6.71. The molecule has 0 saturated carbocycles. The second kappa shape index (κ2) is 18.9. The number of nitrogens with zero attached hydrogens (tertiary/aromatic N) is 1. The highest BCUT2D eigenvalue weighted by Crippen LogP contribution is 2.42. The zero-order valence-electron chi connectivity index (χ0n) is 30.1. The number of nitrogens with one attached hydrogen (secondary N) is 2. The van der Waals surface area contributed by atoms with E-state index in [1.807, 2.05) is 78.9 Å². The first-order valence-corrected chi connectivity index (χ1v) is 18.1. The van der Waals surface area contributed by atoms with Gasteiger partial charge in [0.05, 0.1) is 32.5 Å². The third kappa shape index (κ3) is 9.40. The number of unbranched alkanes of at least 4 members (excludes halogenated alkanes) is 6. The Kier molecular flexibility index (Phi) is 13.9. The van der Waals surface area contributed by atoms with E-state index < -0.39 is 29.2 Å². The van der Waals surface area contributed by atoms with Crippen LogP contribution in [0.2, 0.25) is 0 Å². The summed E-state index contributed by atoms with van der Waals surface area (Å²) in [5, 5.41) is 2.83. The van der Waals surface area contributed by atoms with Gasteiger partial charge in [-0.2, -0.15) is 0 Å². The molecule has 1 aliphatic heterocycles. The zero-order chi connectivity index (χ0) is 36.8. The minimum Gasteiger partial charge on any atom is -0.497 e. The van der Waals surface area contributed by atoms with Crippen LogP contribution in [0.3, 0.4) is 0 Å². The lowest BCUT2D eigenvalue weighted by Crippen LogP contribution is -2.41. The number of carbonyl (C=O) groups excluding carboxylic acids is 1. The summed E-state index contributed by atoms with van der Waals surface area (Å²) in [6.45, 7) is 0.194. The number of amides is 1. The first-order valence-electron chi connectivity index (χ1n) is 18.1. The van der Waals surface area contributed by atoms with Crippen molar-refractivity contribution in [3.8, 4) is 23.8 Å². The van der Waals surface area contributed by atoms with Gasteiger partial charge in [-0.3, -0.25) is 9.59 Å². The van der Waals surface area contributed by atoms with Crippen molar-refractivity contribution in [2.45, 2.75) is 88.7 Å². The summed E-state index contributed by atoms with van der Waals surface area (Å²) in [5.41, 5.74) is 0.887. The van der Waals surface area contributed by atoms with E-state index in [1.54, 1.807) is 14.2 Å². The minimum atomic E-state index is -1.03. The summed E-state index contributed by atoms with van der Waals surface area (Å²) in [6.07, 6.45) is 13.7. The Bertz CT molecular complexity index is 1830. The molecule has 0 spiro atoms. The summed E-state index contributed by atoms with van der Waals surface area (Å²) in [6, 6.07) is 25.5. The van der Waals surface area contributed by atoms with Gasteiger partial charge in [0.1, 0.15) is 23.3 Å². The molecule has 1 amide bonds. The van der Waals surface area contributed by atoms with Crippen molar-refractivity contribution < 1.29 is 23.7 Å². The standard InChI is InChI=1S/C42H49N3O7/c1-4-5-6-7-8-9-10-14-17-38(46)43-28-31-29-44-41(48)45(40(31)47)39-27-26-37(52-39)30-51-42(32-15-12-11-13-16-32,33-18-22-35(49-2)23-19-33)34-20-24-36(50-3)25-21-34/h1,11-13,15-16,18-25,29,37,39H,5-10,14,17,26-28,30H2,2-3H3,(H,43,46)(H,44,48). The largest absolute Gasteiger partial charge is 0.497 e. The molecule has 2 unspecified atom stereocenters. The van der Waals surface area contributed by atoms with Crippen LogP contribution in [0.15, 0.2) is 94.6 Å². The quantitative estimate of drug-likeness (QED) is 0.0640. The van der Waals surface area contributed by atoms with Crippen molar-refractivity contribution in [2.24, 2.45) is 0 Å². The van der Waals surface area contributed by atoms with E-state index in [9.17, 15) is 14.4 Å². The van der Waals surface area contributed by atoms with Crippen molar-refractivity contribution in [2.75, 3.05) is 20.8 Å². The van der Waals surface area contributed by atoms with Crippen molar-refractivity contribution in [3.63, 3.8) is 0 Å². The molecular weight excluding hydrogens is 658 g/mol. The summed E-state index contributed by atoms with van der Waals surface area (Å²) >= 11 is 0. The number of ether oxygens (including phenoxy) is 4. The SMILES string of the molecule is C#CCCCCCCCCC(=O)NCc1c[nH]c(=O)n(C2CCC(COC(c3ccccc3)(c3ccc(OC)cc3)c3ccc(OC)cc3)O2)c1=O. The number of benzene rings is 3. The maximum absolute atomic E-state index is 13.5. The summed E-state index contributed by atoms with van der Waals surface area (Å²) in [7, 11) is 3.26. The zero-order valence-corrected chi connectivity index (χ0v) is 30.1. The number of aromatic nitrogens is 2. The molecule has 2 atom stereocenters. The number of hydrogen-bond acceptors (Lipinski definition) is 7. The van der Waals surface area contributed by atoms with Gasteiger partial charge in [0.25, 0.3) is 5.56 Å². The molecule has 1 fully saturated rings. The van der Waals surface area contributed by atoms with E-state index in [-0.39, 0.29) is 24.6 Å². The lowest BCUT2D eigenvalue weighted by Gasteiger charge is -2.37. The van der Waals surface area contributed by atoms with Gasteiger partial charge < -0.3 is 29.2 Å². The topological polar surface area (TPSA) is 121 Å². The maximum atomic E-state index is 13.5. The number of carbonyl (C=O) groups is 1. The molecule has 1 aromatic heterocycles. The van der Waals surface area contributed by atoms with Gasteiger partial charge in [0, 0.05) is 25.6 Å². The van der Waals surface area contributed by atoms with E-state index >= 15 is 0 Å². The smallest absolute Gasteiger partial charge is 0.330 e. The number of aromatic amines is 1. The molecular formula is C42H49N3O7. The van der Waals surface area contributed by atoms with Crippen LogP contribution in [-0.2, 0) is 26.4 Å². The van der Waals surface area contributed by atoms with Crippen LogP contribution in [0.4, 0.5) is 0 Å². The average molecular weight is 708 g/mol. The van der Waals surface area contributed by atoms with Gasteiger partial charge in [0.2, 0.25) is 5.91 Å². The predicted octanol–water partition coefficient (Wildman–Crippen LogP) is 6.61. The molecule has 0 bridgehead atoms. The lowest BCUT2D eigenvalue weighted by molar-refractivity contribution is -0.121. The van der Waals surface area contributed by atoms with Crippen LogP contribution < -0.4 is 26.0 Å². The molecule has 10 nitrogen and oxygen atoms in total. The Morgan fingerprint density at radius 3 is 2.08 bits per heavy atom. The van der Waals surface area contributed by atoms with Gasteiger partial charge in [-0.1, -0.05) is 80.3 Å². The van der Waals surface area contributed by atoms with Gasteiger partial charge in [-0.15, -0.1) is 12.3 Å². The first-order chi connectivity index (χ1) is 25.4. The number of H-pyrrole nitrogens is 1. The van der Waals surface area contributed by atoms with E-state index in [4.69, 9.17) is 25.4 Å². The molecule has 0 aliphatic carbocycles. The molecule has 2 heterocycles. The van der Waals surface area contributed by atoms with Crippen molar-refractivity contribution >= 4 is 5.91 Å². The Balaban J connectivity index is 1.28. The van der Waals surface area contributed by atoms with Crippen molar-refractivity contribution in [3.05, 3.63) is 128 Å². The van der Waals surface area contributed by atoms with Crippen molar-refractivity contribution in [1.29, 1.82) is 0 Å². The molecule has 2 N–H and O–H groups in total. The summed E-state index contributed by atoms with van der Waals surface area (Å²) in [5.74, 6) is 3.97. The lowest BCUT2D eigenvalue weighted by atomic mass is 9.80. The molecule has 0 radical (unpaired) electrons. The van der Waals surface area contributed by atoms with Crippen LogP contribution in [-0.4, -0.2) is 42.4 Å². The molecule has 4 aromatic rings. The number of hydrogen-bond donors (Lipinski definition) is 2. The van der Waals surface area contributed by atoms with Crippen LogP contribution in [0.25, 0.3) is 0 Å². The average Bonchev–Trinajstić information content (AvgIpc) is 3.65. The van der Waals surface area contributed by atoms with Crippen molar-refractivity contribution in [1.82, 2.24) is 14.9 Å². The van der Waals surface area contributed by atoms with E-state index in [2.05, 4.69) is 16.2 Å². The highest BCUT2D eigenvalue weighted by Gasteiger charge is 2.40. The normalized spacial score (nSPS) is 15.6. The number of terminal acetylenes is 1. The molecule has 274 valence electrons. The molecule has 1 aliphatic rings. The number of methoxy groups -OCH3 is 2. The van der Waals surface area contributed by atoms with Gasteiger partial charge >= 0.3 is 5.69 Å². The van der Waals surface area contributed by atoms with Crippen LogP contribution in [0, 0.1) is 12.3 Å². The van der Waals surface area contributed by atoms with Crippen LogP contribution in [0.5, 0.6) is 11.5 Å². The minimum absolute atomic E-state index is 0.0170. The monoisotopic (exact) mass is 707 g/mol. The van der Waals surface area contributed by atoms with Gasteiger partial charge in [0.15, 0.2) is 0 Å². The second-order valence-corrected chi connectivity index (χ2v) is 13.0. The van der Waals surface area contributed by atoms with Gasteiger partial charge in [-0.05, 0) is 66.6 Å². The predicted molar refractivity (Wildman–Crippen MR) is 200 cm³/mol. The first kappa shape index (κ1) is 38.1. The third-order valence-electron chi connectivity index (χ3n) is 9.57. The molecule has 52 heavy (non-hydrogen) atoms. The highest BCUT2D eigenvalue weighted by molar-refractivity contribution is 5.75. The van der Waals surface area contributed by atoms with E-state index in [1.165, 1.54) is 6.20 Å². The summed E-state index contributed by atoms with van der Waals surface area (Å²) in [4.78, 5) is 41.7. The summed E-state index contributed by atoms with van der Waals surface area (Å²) < 4.78 is 25.4. The highest BCUT2D eigenvalue weighted by atomic mass is 16.6. The van der Waals surface area contributed by atoms with Crippen LogP contribution in [0.1, 0.15) is 92.7 Å². The Labute approximate surface area is 305 Å². The fourth-order valence-electron chi connectivity index (χ4n) is 6.71. The van der Waals surface area contributed by atoms with Gasteiger partial charge in [-0.25, -0.2) is 9.36 Å². The third-order valence-corrected chi connectivity index (χ3v) is 9.57. The van der Waals surface area contributed by atoms with Crippen LogP contribution >= 0.6 is 0 Å². The molecule has 1 saturated heterocycles.